The zero-order chi connectivity index (χ0) is 9.68. The Bertz CT molecular complexity index is 281. The van der Waals surface area contributed by atoms with Crippen LogP contribution in [0.15, 0.2) is 24.3 Å². The minimum absolute atomic E-state index is 0.119. The van der Waals surface area contributed by atoms with Gasteiger partial charge in [0.2, 0.25) is 0 Å². The summed E-state index contributed by atoms with van der Waals surface area (Å²) in [5, 5.41) is 0. The third-order valence-corrected chi connectivity index (χ3v) is 1.46. The second kappa shape index (κ2) is 4.47. The van der Waals surface area contributed by atoms with Gasteiger partial charge in [0.05, 0.1) is 13.7 Å². The molecular formula is C9H11NO3. The molecule has 0 saturated heterocycles. The number of hydrogen-bond donors (Lipinski definition) is 1. The van der Waals surface area contributed by atoms with Gasteiger partial charge in [-0.1, -0.05) is 0 Å². The van der Waals surface area contributed by atoms with Crippen LogP contribution in [0.2, 0.25) is 0 Å². The maximum absolute atomic E-state index is 10.8. The fourth-order valence-electron chi connectivity index (χ4n) is 0.817. The van der Waals surface area contributed by atoms with Crippen LogP contribution >= 0.6 is 0 Å². The van der Waals surface area contributed by atoms with E-state index in [0.29, 0.717) is 11.5 Å². The summed E-state index contributed by atoms with van der Waals surface area (Å²) >= 11 is 0. The van der Waals surface area contributed by atoms with Gasteiger partial charge in [-0.15, -0.1) is 0 Å². The first kappa shape index (κ1) is 9.54. The first-order valence-corrected chi connectivity index (χ1v) is 3.81. The van der Waals surface area contributed by atoms with Crippen molar-refractivity contribution in [3.05, 3.63) is 24.3 Å². The summed E-state index contributed by atoms with van der Waals surface area (Å²) < 4.78 is 9.78. The van der Waals surface area contributed by atoms with Crippen LogP contribution in [0.1, 0.15) is 0 Å². The fourth-order valence-corrected chi connectivity index (χ4v) is 0.817. The molecule has 0 spiro atoms. The van der Waals surface area contributed by atoms with Gasteiger partial charge in [-0.3, -0.25) is 4.79 Å². The molecule has 0 heterocycles. The van der Waals surface area contributed by atoms with Crippen LogP contribution in [0.25, 0.3) is 0 Å². The minimum Gasteiger partial charge on any atom is -0.497 e. The van der Waals surface area contributed by atoms with Crippen molar-refractivity contribution in [3.63, 3.8) is 0 Å². The van der Waals surface area contributed by atoms with E-state index < -0.39 is 5.97 Å². The molecule has 1 aromatic rings. The molecular weight excluding hydrogens is 170 g/mol. The Kier molecular flexibility index (Phi) is 3.28. The molecule has 0 amide bonds. The van der Waals surface area contributed by atoms with Crippen LogP contribution in [-0.2, 0) is 4.79 Å². The predicted octanol–water partition coefficient (Wildman–Crippen LogP) is 0.559. The highest BCUT2D eigenvalue weighted by Crippen LogP contribution is 2.16. The third kappa shape index (κ3) is 2.76. The molecule has 0 atom stereocenters. The first-order chi connectivity index (χ1) is 6.26. The van der Waals surface area contributed by atoms with Gasteiger partial charge in [0.15, 0.2) is 0 Å². The Morgan fingerprint density at radius 2 is 1.85 bits per heavy atom. The molecule has 4 nitrogen and oxygen atoms in total. The number of rotatable bonds is 3. The molecule has 1 rings (SSSR count). The number of ether oxygens (including phenoxy) is 2. The van der Waals surface area contributed by atoms with Gasteiger partial charge in [-0.05, 0) is 24.3 Å². The summed E-state index contributed by atoms with van der Waals surface area (Å²) in [5.74, 6) is 0.731. The van der Waals surface area contributed by atoms with Crippen molar-refractivity contribution in [3.8, 4) is 11.5 Å². The van der Waals surface area contributed by atoms with Gasteiger partial charge >= 0.3 is 5.97 Å². The monoisotopic (exact) mass is 181 g/mol. The van der Waals surface area contributed by atoms with E-state index >= 15 is 0 Å². The fraction of sp³-hybridized carbons (Fsp3) is 0.222. The summed E-state index contributed by atoms with van der Waals surface area (Å²) in [6.07, 6.45) is 0. The maximum Gasteiger partial charge on any atom is 0.325 e. The molecule has 1 aromatic carbocycles. The van der Waals surface area contributed by atoms with Crippen LogP contribution in [-0.4, -0.2) is 19.6 Å². The summed E-state index contributed by atoms with van der Waals surface area (Å²) in [7, 11) is 1.57. The predicted molar refractivity (Wildman–Crippen MR) is 47.7 cm³/mol. The maximum atomic E-state index is 10.8. The Labute approximate surface area is 76.3 Å². The van der Waals surface area contributed by atoms with Gasteiger partial charge in [0.1, 0.15) is 11.5 Å². The number of methoxy groups -OCH3 is 1. The topological polar surface area (TPSA) is 61.5 Å². The number of esters is 1. The third-order valence-electron chi connectivity index (χ3n) is 1.46. The minimum atomic E-state index is -0.454. The highest BCUT2D eigenvalue weighted by Gasteiger charge is 2.00. The van der Waals surface area contributed by atoms with E-state index in [-0.39, 0.29) is 6.54 Å². The second-order valence-corrected chi connectivity index (χ2v) is 2.35. The Hall–Kier alpha value is -1.55. The zero-order valence-electron chi connectivity index (χ0n) is 7.32. The van der Waals surface area contributed by atoms with Crippen LogP contribution < -0.4 is 15.2 Å². The second-order valence-electron chi connectivity index (χ2n) is 2.35. The highest BCUT2D eigenvalue weighted by atomic mass is 16.5. The van der Waals surface area contributed by atoms with Gasteiger partial charge in [0.25, 0.3) is 0 Å². The lowest BCUT2D eigenvalue weighted by molar-refractivity contribution is -0.132. The lowest BCUT2D eigenvalue weighted by Crippen LogP contribution is -2.19. The van der Waals surface area contributed by atoms with E-state index in [1.54, 1.807) is 31.4 Å². The van der Waals surface area contributed by atoms with Crippen molar-refractivity contribution in [2.24, 2.45) is 5.73 Å². The van der Waals surface area contributed by atoms with E-state index in [4.69, 9.17) is 15.2 Å². The molecule has 0 saturated carbocycles. The average Bonchev–Trinajstić information content (AvgIpc) is 2.19. The van der Waals surface area contributed by atoms with E-state index in [0.717, 1.165) is 0 Å². The number of hydrogen-bond acceptors (Lipinski definition) is 4. The molecule has 0 aliphatic carbocycles. The molecule has 2 N–H and O–H groups in total. The summed E-state index contributed by atoms with van der Waals surface area (Å²) in [6.45, 7) is -0.119. The van der Waals surface area contributed by atoms with Gasteiger partial charge in [0, 0.05) is 0 Å². The van der Waals surface area contributed by atoms with Crippen molar-refractivity contribution < 1.29 is 14.3 Å². The molecule has 13 heavy (non-hydrogen) atoms. The highest BCUT2D eigenvalue weighted by molar-refractivity contribution is 5.74. The van der Waals surface area contributed by atoms with E-state index in [2.05, 4.69) is 0 Å². The van der Waals surface area contributed by atoms with Crippen LogP contribution in [0.5, 0.6) is 11.5 Å². The number of carbonyl (C=O) groups is 1. The van der Waals surface area contributed by atoms with Gasteiger partial charge in [-0.25, -0.2) is 0 Å². The largest absolute Gasteiger partial charge is 0.497 e. The Morgan fingerprint density at radius 1 is 1.31 bits per heavy atom. The number of carbonyl (C=O) groups excluding carboxylic acids is 1. The molecule has 0 bridgehead atoms. The van der Waals surface area contributed by atoms with E-state index in [9.17, 15) is 4.79 Å². The van der Waals surface area contributed by atoms with E-state index in [1.165, 1.54) is 0 Å². The Balaban J connectivity index is 2.64. The van der Waals surface area contributed by atoms with Crippen molar-refractivity contribution in [1.29, 1.82) is 0 Å². The SMILES string of the molecule is COc1ccc(OC(=O)CN)cc1. The first-order valence-electron chi connectivity index (χ1n) is 3.81. The van der Waals surface area contributed by atoms with Crippen molar-refractivity contribution in [1.82, 2.24) is 0 Å². The smallest absolute Gasteiger partial charge is 0.325 e. The molecule has 0 fully saturated rings. The Morgan fingerprint density at radius 3 is 2.31 bits per heavy atom. The normalized spacial score (nSPS) is 9.38. The van der Waals surface area contributed by atoms with Crippen molar-refractivity contribution in [2.45, 2.75) is 0 Å². The summed E-state index contributed by atoms with van der Waals surface area (Å²) in [6, 6.07) is 6.71. The summed E-state index contributed by atoms with van der Waals surface area (Å²) in [4.78, 5) is 10.8. The average molecular weight is 181 g/mol. The molecule has 0 unspecified atom stereocenters. The van der Waals surface area contributed by atoms with E-state index in [1.807, 2.05) is 0 Å². The van der Waals surface area contributed by atoms with Crippen LogP contribution in [0.3, 0.4) is 0 Å². The molecule has 0 aliphatic heterocycles. The lowest BCUT2D eigenvalue weighted by Gasteiger charge is -2.03. The van der Waals surface area contributed by atoms with Gasteiger partial charge in [-0.2, -0.15) is 0 Å². The molecule has 70 valence electrons. The molecule has 0 aliphatic rings. The molecule has 0 aromatic heterocycles. The zero-order valence-corrected chi connectivity index (χ0v) is 7.32. The number of nitrogens with two attached hydrogens (primary N) is 1. The van der Waals surface area contributed by atoms with Gasteiger partial charge < -0.3 is 15.2 Å². The lowest BCUT2D eigenvalue weighted by atomic mass is 10.3. The molecule has 0 radical (unpaired) electrons. The van der Waals surface area contributed by atoms with Crippen molar-refractivity contribution in [2.75, 3.05) is 13.7 Å². The summed E-state index contributed by atoms with van der Waals surface area (Å²) in [5.41, 5.74) is 5.08. The van der Waals surface area contributed by atoms with Crippen LogP contribution in [0.4, 0.5) is 0 Å². The van der Waals surface area contributed by atoms with Crippen molar-refractivity contribution >= 4 is 5.97 Å². The standard InChI is InChI=1S/C9H11NO3/c1-12-7-2-4-8(5-3-7)13-9(11)6-10/h2-5H,6,10H2,1H3. The quantitative estimate of drug-likeness (QED) is 0.546. The number of benzene rings is 1. The molecule has 4 heteroatoms. The van der Waals surface area contributed by atoms with Crippen LogP contribution in [0, 0.1) is 0 Å².